The number of nitrogens with two attached hydrogens (primary N) is 1. The molecular weight excluding hydrogens is 374 g/mol. The number of primary amides is 1. The molecule has 1 aromatic carbocycles. The number of aliphatic hydroxyl groups excluding tert-OH is 3. The maximum Gasteiger partial charge on any atom is 0.254 e. The van der Waals surface area contributed by atoms with Crippen LogP contribution in [0, 0.1) is 0 Å². The predicted octanol–water partition coefficient (Wildman–Crippen LogP) is -0.746. The first-order valence-corrected chi connectivity index (χ1v) is 10.3. The van der Waals surface area contributed by atoms with Crippen molar-refractivity contribution in [1.29, 1.82) is 0 Å². The smallest absolute Gasteiger partial charge is 0.254 e. The van der Waals surface area contributed by atoms with Crippen LogP contribution < -0.4 is 5.73 Å². The normalized spacial score (nSPS) is 27.1. The second kappa shape index (κ2) is 9.21. The van der Waals surface area contributed by atoms with Crippen LogP contribution in [-0.2, 0) is 16.0 Å². The van der Waals surface area contributed by atoms with E-state index in [1.807, 2.05) is 35.2 Å². The number of hydrogen-bond donors (Lipinski definition) is 4. The fourth-order valence-corrected chi connectivity index (χ4v) is 4.78. The number of amides is 2. The summed E-state index contributed by atoms with van der Waals surface area (Å²) in [6.45, 7) is 0.333. The lowest BCUT2D eigenvalue weighted by molar-refractivity contribution is -0.155. The third-order valence-electron chi connectivity index (χ3n) is 6.44. The van der Waals surface area contributed by atoms with Crippen molar-refractivity contribution in [2.24, 2.45) is 5.73 Å². The lowest BCUT2D eigenvalue weighted by Gasteiger charge is -2.40. The van der Waals surface area contributed by atoms with Crippen molar-refractivity contribution >= 4 is 11.8 Å². The molecule has 2 fully saturated rings. The number of rotatable bonds is 8. The fraction of sp³-hybridized carbons (Fsp3) is 0.619. The number of carbonyl (C=O) groups is 2. The van der Waals surface area contributed by atoms with Gasteiger partial charge < -0.3 is 26.0 Å². The van der Waals surface area contributed by atoms with Gasteiger partial charge in [0.05, 0.1) is 13.2 Å². The Morgan fingerprint density at radius 1 is 1.17 bits per heavy atom. The van der Waals surface area contributed by atoms with E-state index in [9.17, 15) is 24.9 Å². The van der Waals surface area contributed by atoms with E-state index >= 15 is 0 Å². The molecule has 5 N–H and O–H groups in total. The molecule has 2 saturated heterocycles. The van der Waals surface area contributed by atoms with E-state index in [-0.39, 0.29) is 25.6 Å². The van der Waals surface area contributed by atoms with E-state index in [2.05, 4.69) is 0 Å². The van der Waals surface area contributed by atoms with Gasteiger partial charge >= 0.3 is 0 Å². The van der Waals surface area contributed by atoms with Gasteiger partial charge in [0.25, 0.3) is 5.91 Å². The lowest BCUT2D eigenvalue weighted by Crippen LogP contribution is -2.63. The molecule has 2 heterocycles. The predicted molar refractivity (Wildman–Crippen MR) is 107 cm³/mol. The van der Waals surface area contributed by atoms with Gasteiger partial charge in [-0.25, -0.2) is 0 Å². The van der Waals surface area contributed by atoms with E-state index in [4.69, 9.17) is 5.73 Å². The van der Waals surface area contributed by atoms with Crippen LogP contribution in [0.25, 0.3) is 0 Å². The fourth-order valence-electron chi connectivity index (χ4n) is 4.78. The van der Waals surface area contributed by atoms with E-state index in [0.717, 1.165) is 18.4 Å². The highest BCUT2D eigenvalue weighted by molar-refractivity contribution is 5.93. The van der Waals surface area contributed by atoms with Gasteiger partial charge in [0.1, 0.15) is 11.6 Å². The number of carbonyl (C=O) groups excluding carboxylic acids is 2. The SMILES string of the molecule is NC(=O)[C@]1(CO)CCCN1C(=O)[C@H](O)[C@H](Cc1ccccc1)N1CCC[C@@H]1CO. The van der Waals surface area contributed by atoms with Crippen molar-refractivity contribution in [3.8, 4) is 0 Å². The number of benzene rings is 1. The zero-order valence-electron chi connectivity index (χ0n) is 16.6. The third kappa shape index (κ3) is 4.16. The second-order valence-corrected chi connectivity index (χ2v) is 8.07. The van der Waals surface area contributed by atoms with Crippen LogP contribution in [0.15, 0.2) is 30.3 Å². The topological polar surface area (TPSA) is 127 Å². The maximum atomic E-state index is 13.3. The van der Waals surface area contributed by atoms with Gasteiger partial charge in [-0.15, -0.1) is 0 Å². The summed E-state index contributed by atoms with van der Waals surface area (Å²) in [6.07, 6.45) is 1.53. The van der Waals surface area contributed by atoms with Gasteiger partial charge in [-0.1, -0.05) is 30.3 Å². The van der Waals surface area contributed by atoms with Crippen LogP contribution in [0.3, 0.4) is 0 Å². The molecule has 0 saturated carbocycles. The Morgan fingerprint density at radius 3 is 2.52 bits per heavy atom. The first-order chi connectivity index (χ1) is 13.9. The standard InChI is InChI=1S/C21H31N3O5/c22-20(29)21(14-26)9-5-11-24(21)19(28)18(27)17(12-15-6-2-1-3-7-15)23-10-4-8-16(23)13-25/h1-3,6-7,16-18,25-27H,4-5,8-14H2,(H2,22,29)/t16-,17+,18-,21-/m1/s1. The maximum absolute atomic E-state index is 13.3. The molecule has 8 heteroatoms. The summed E-state index contributed by atoms with van der Waals surface area (Å²) in [4.78, 5) is 28.6. The molecule has 160 valence electrons. The summed E-state index contributed by atoms with van der Waals surface area (Å²) in [5.41, 5.74) is 5.03. The average Bonchev–Trinajstić information content (AvgIpc) is 3.39. The van der Waals surface area contributed by atoms with Crippen molar-refractivity contribution in [2.75, 3.05) is 26.3 Å². The summed E-state index contributed by atoms with van der Waals surface area (Å²) >= 11 is 0. The Balaban J connectivity index is 1.88. The lowest BCUT2D eigenvalue weighted by atomic mass is 9.93. The number of aliphatic hydroxyl groups is 3. The van der Waals surface area contributed by atoms with E-state index in [1.54, 1.807) is 0 Å². The molecule has 2 aliphatic rings. The molecule has 4 atom stereocenters. The third-order valence-corrected chi connectivity index (χ3v) is 6.44. The van der Waals surface area contributed by atoms with Gasteiger partial charge in [-0.05, 0) is 44.2 Å². The van der Waals surface area contributed by atoms with Crippen molar-refractivity contribution in [1.82, 2.24) is 9.80 Å². The number of likely N-dealkylation sites (tertiary alicyclic amines) is 2. The summed E-state index contributed by atoms with van der Waals surface area (Å²) in [7, 11) is 0. The van der Waals surface area contributed by atoms with Gasteiger partial charge in [0.15, 0.2) is 0 Å². The summed E-state index contributed by atoms with van der Waals surface area (Å²) in [6, 6.07) is 8.91. The van der Waals surface area contributed by atoms with E-state index in [1.165, 1.54) is 4.90 Å². The summed E-state index contributed by atoms with van der Waals surface area (Å²) < 4.78 is 0. The zero-order chi connectivity index (χ0) is 21.0. The molecule has 0 aromatic heterocycles. The Kier molecular flexibility index (Phi) is 6.89. The minimum Gasteiger partial charge on any atom is -0.395 e. The highest BCUT2D eigenvalue weighted by Crippen LogP contribution is 2.31. The molecule has 29 heavy (non-hydrogen) atoms. The largest absolute Gasteiger partial charge is 0.395 e. The van der Waals surface area contributed by atoms with Crippen LogP contribution in [0.2, 0.25) is 0 Å². The van der Waals surface area contributed by atoms with Crippen LogP contribution >= 0.6 is 0 Å². The molecule has 0 bridgehead atoms. The second-order valence-electron chi connectivity index (χ2n) is 8.07. The van der Waals surface area contributed by atoms with E-state index < -0.39 is 36.1 Å². The van der Waals surface area contributed by atoms with Crippen LogP contribution in [0.1, 0.15) is 31.2 Å². The highest BCUT2D eigenvalue weighted by Gasteiger charge is 2.51. The van der Waals surface area contributed by atoms with Crippen LogP contribution in [0.5, 0.6) is 0 Å². The zero-order valence-corrected chi connectivity index (χ0v) is 16.6. The molecule has 1 aromatic rings. The first kappa shape index (κ1) is 21.7. The molecule has 8 nitrogen and oxygen atoms in total. The molecule has 0 spiro atoms. The first-order valence-electron chi connectivity index (χ1n) is 10.3. The van der Waals surface area contributed by atoms with Crippen molar-refractivity contribution in [3.63, 3.8) is 0 Å². The van der Waals surface area contributed by atoms with Gasteiger partial charge in [-0.3, -0.25) is 14.5 Å². The summed E-state index contributed by atoms with van der Waals surface area (Å²) in [5.74, 6) is -1.35. The molecule has 2 amide bonds. The van der Waals surface area contributed by atoms with Crippen molar-refractivity contribution in [3.05, 3.63) is 35.9 Å². The Labute approximate surface area is 170 Å². The quantitative estimate of drug-likeness (QED) is 0.451. The highest BCUT2D eigenvalue weighted by atomic mass is 16.3. The monoisotopic (exact) mass is 405 g/mol. The van der Waals surface area contributed by atoms with Crippen LogP contribution in [0.4, 0.5) is 0 Å². The molecule has 0 radical (unpaired) electrons. The summed E-state index contributed by atoms with van der Waals surface area (Å²) in [5, 5.41) is 30.7. The van der Waals surface area contributed by atoms with Gasteiger partial charge in [-0.2, -0.15) is 0 Å². The van der Waals surface area contributed by atoms with Crippen molar-refractivity contribution in [2.45, 2.75) is 55.8 Å². The molecule has 2 aliphatic heterocycles. The Bertz CT molecular complexity index is 716. The number of nitrogens with zero attached hydrogens (tertiary/aromatic N) is 2. The van der Waals surface area contributed by atoms with Crippen LogP contribution in [-0.4, -0.2) is 87.0 Å². The molecular formula is C21H31N3O5. The minimum absolute atomic E-state index is 0.0439. The van der Waals surface area contributed by atoms with Gasteiger partial charge in [0.2, 0.25) is 5.91 Å². The Morgan fingerprint density at radius 2 is 1.90 bits per heavy atom. The van der Waals surface area contributed by atoms with E-state index in [0.29, 0.717) is 19.4 Å². The minimum atomic E-state index is -1.46. The average molecular weight is 405 g/mol. The molecule has 0 aliphatic carbocycles. The Hall–Kier alpha value is -2.00. The van der Waals surface area contributed by atoms with Gasteiger partial charge in [0, 0.05) is 18.6 Å². The number of hydrogen-bond acceptors (Lipinski definition) is 6. The molecule has 0 unspecified atom stereocenters. The molecule has 3 rings (SSSR count). The van der Waals surface area contributed by atoms with Crippen molar-refractivity contribution < 1.29 is 24.9 Å².